The molecule has 0 fully saturated rings. The van der Waals surface area contributed by atoms with Crippen molar-refractivity contribution in [3.63, 3.8) is 0 Å². The van der Waals surface area contributed by atoms with Gasteiger partial charge in [-0.2, -0.15) is 0 Å². The topological polar surface area (TPSA) is 50.4 Å². The number of nitrogens with one attached hydrogen (secondary N) is 2. The molecule has 4 nitrogen and oxygen atoms in total. The highest BCUT2D eigenvalue weighted by Gasteiger charge is 2.22. The van der Waals surface area contributed by atoms with Crippen molar-refractivity contribution in [2.75, 3.05) is 20.7 Å². The van der Waals surface area contributed by atoms with Crippen LogP contribution >= 0.6 is 11.6 Å². The molecule has 5 heteroatoms. The Balaban J connectivity index is 3.02. The number of benzene rings is 1. The summed E-state index contributed by atoms with van der Waals surface area (Å²) in [6.45, 7) is 6.82. The van der Waals surface area contributed by atoms with E-state index in [0.29, 0.717) is 17.5 Å². The van der Waals surface area contributed by atoms with Crippen molar-refractivity contribution in [1.82, 2.24) is 10.6 Å². The fourth-order valence-electron chi connectivity index (χ4n) is 2.43. The van der Waals surface area contributed by atoms with E-state index >= 15 is 0 Å². The fourth-order valence-corrected chi connectivity index (χ4v) is 2.61. The average Bonchev–Trinajstić information content (AvgIpc) is 2.46. The molecule has 0 saturated heterocycles. The molecule has 0 spiro atoms. The van der Waals surface area contributed by atoms with Gasteiger partial charge < -0.3 is 15.4 Å². The molecule has 0 bridgehead atoms. The number of rotatable bonds is 8. The lowest BCUT2D eigenvalue weighted by Crippen LogP contribution is -2.37. The molecular formula is C17H27ClN2O2. The van der Waals surface area contributed by atoms with Crippen LogP contribution in [0, 0.1) is 11.8 Å². The van der Waals surface area contributed by atoms with Crippen molar-refractivity contribution in [2.45, 2.75) is 33.2 Å². The van der Waals surface area contributed by atoms with Gasteiger partial charge >= 0.3 is 0 Å². The Morgan fingerprint density at radius 2 is 2.00 bits per heavy atom. The Kier molecular flexibility index (Phi) is 7.69. The highest BCUT2D eigenvalue weighted by atomic mass is 35.5. The normalized spacial score (nSPS) is 13.8. The number of halogens is 1. The first-order chi connectivity index (χ1) is 10.4. The summed E-state index contributed by atoms with van der Waals surface area (Å²) < 4.78 is 5.43. The van der Waals surface area contributed by atoms with Gasteiger partial charge in [-0.25, -0.2) is 0 Å². The smallest absolute Gasteiger partial charge is 0.224 e. The lowest BCUT2D eigenvalue weighted by Gasteiger charge is -2.25. The molecule has 2 N–H and O–H groups in total. The maximum atomic E-state index is 12.4. The first kappa shape index (κ1) is 18.8. The highest BCUT2D eigenvalue weighted by Crippen LogP contribution is 2.32. The molecule has 22 heavy (non-hydrogen) atoms. The highest BCUT2D eigenvalue weighted by molar-refractivity contribution is 6.30. The van der Waals surface area contributed by atoms with Crippen molar-refractivity contribution < 1.29 is 9.53 Å². The molecule has 0 heterocycles. The van der Waals surface area contributed by atoms with E-state index in [9.17, 15) is 4.79 Å². The van der Waals surface area contributed by atoms with Crippen LogP contribution in [0.5, 0.6) is 5.75 Å². The summed E-state index contributed by atoms with van der Waals surface area (Å²) in [6.07, 6.45) is 0.828. The maximum absolute atomic E-state index is 12.4. The minimum atomic E-state index is -0.111. The van der Waals surface area contributed by atoms with Gasteiger partial charge in [0.1, 0.15) is 5.75 Å². The number of hydrogen-bond acceptors (Lipinski definition) is 3. The average molecular weight is 327 g/mol. The molecule has 1 amide bonds. The first-order valence-corrected chi connectivity index (χ1v) is 8.05. The molecule has 0 saturated carbocycles. The third kappa shape index (κ3) is 5.50. The van der Waals surface area contributed by atoms with Crippen LogP contribution in [0.25, 0.3) is 0 Å². The third-order valence-corrected chi connectivity index (χ3v) is 3.78. The zero-order chi connectivity index (χ0) is 16.7. The van der Waals surface area contributed by atoms with E-state index in [1.165, 1.54) is 0 Å². The molecule has 1 rings (SSSR count). The molecule has 0 aliphatic heterocycles. The minimum Gasteiger partial charge on any atom is -0.496 e. The molecule has 0 aliphatic carbocycles. The molecule has 0 aliphatic rings. The summed E-state index contributed by atoms with van der Waals surface area (Å²) in [5.41, 5.74) is 0.925. The fraction of sp³-hybridized carbons (Fsp3) is 0.588. The zero-order valence-electron chi connectivity index (χ0n) is 14.1. The van der Waals surface area contributed by atoms with E-state index in [-0.39, 0.29) is 17.9 Å². The molecular weight excluding hydrogens is 300 g/mol. The van der Waals surface area contributed by atoms with Crippen LogP contribution in [0.3, 0.4) is 0 Å². The first-order valence-electron chi connectivity index (χ1n) is 7.67. The Morgan fingerprint density at radius 3 is 2.55 bits per heavy atom. The van der Waals surface area contributed by atoms with Crippen LogP contribution < -0.4 is 15.4 Å². The van der Waals surface area contributed by atoms with Crippen molar-refractivity contribution in [1.29, 1.82) is 0 Å². The zero-order valence-corrected chi connectivity index (χ0v) is 14.8. The van der Waals surface area contributed by atoms with Crippen molar-refractivity contribution >= 4 is 17.5 Å². The van der Waals surface area contributed by atoms with Crippen LogP contribution in [0.4, 0.5) is 0 Å². The SMILES string of the molecule is CNCC(C)C(=O)NC(CC(C)C)c1cc(Cl)ccc1OC. The van der Waals surface area contributed by atoms with Gasteiger partial charge in [0.25, 0.3) is 0 Å². The predicted octanol–water partition coefficient (Wildman–Crippen LogP) is 3.41. The lowest BCUT2D eigenvalue weighted by atomic mass is 9.95. The lowest BCUT2D eigenvalue weighted by molar-refractivity contribution is -0.125. The van der Waals surface area contributed by atoms with Crippen molar-refractivity contribution in [3.8, 4) is 5.75 Å². The van der Waals surface area contributed by atoms with Gasteiger partial charge in [-0.3, -0.25) is 4.79 Å². The number of hydrogen-bond donors (Lipinski definition) is 2. The standard InChI is InChI=1S/C17H27ClN2O2/c1-11(2)8-15(20-17(21)12(3)10-19-4)14-9-13(18)6-7-16(14)22-5/h6-7,9,11-12,15,19H,8,10H2,1-5H3,(H,20,21). The van der Waals surface area contributed by atoms with Crippen LogP contribution in [0.2, 0.25) is 5.02 Å². The molecule has 124 valence electrons. The van der Waals surface area contributed by atoms with Crippen LogP contribution in [-0.4, -0.2) is 26.6 Å². The van der Waals surface area contributed by atoms with E-state index in [0.717, 1.165) is 17.7 Å². The van der Waals surface area contributed by atoms with Gasteiger partial charge in [0, 0.05) is 23.0 Å². The summed E-state index contributed by atoms with van der Waals surface area (Å²) in [7, 11) is 3.47. The molecule has 1 aromatic carbocycles. The second kappa shape index (κ2) is 9.01. The summed E-state index contributed by atoms with van der Waals surface area (Å²) in [5.74, 6) is 1.12. The number of ether oxygens (including phenoxy) is 1. The number of carbonyl (C=O) groups is 1. The Morgan fingerprint density at radius 1 is 1.32 bits per heavy atom. The van der Waals surface area contributed by atoms with E-state index < -0.39 is 0 Å². The predicted molar refractivity (Wildman–Crippen MR) is 91.4 cm³/mol. The molecule has 2 atom stereocenters. The number of amides is 1. The molecule has 0 aromatic heterocycles. The summed E-state index contributed by atoms with van der Waals surface area (Å²) in [6, 6.07) is 5.40. The largest absolute Gasteiger partial charge is 0.496 e. The second-order valence-electron chi connectivity index (χ2n) is 6.04. The summed E-state index contributed by atoms with van der Waals surface area (Å²) in [5, 5.41) is 6.80. The van der Waals surface area contributed by atoms with Crippen molar-refractivity contribution in [2.24, 2.45) is 11.8 Å². The quantitative estimate of drug-likeness (QED) is 0.769. The van der Waals surface area contributed by atoms with Crippen molar-refractivity contribution in [3.05, 3.63) is 28.8 Å². The molecule has 1 aromatic rings. The number of carbonyl (C=O) groups excluding carboxylic acids is 1. The van der Waals surface area contributed by atoms with Gasteiger partial charge in [0.2, 0.25) is 5.91 Å². The maximum Gasteiger partial charge on any atom is 0.224 e. The van der Waals surface area contributed by atoms with Gasteiger partial charge in [-0.15, -0.1) is 0 Å². The Labute approximate surface area is 138 Å². The van der Waals surface area contributed by atoms with Gasteiger partial charge in [0.15, 0.2) is 0 Å². The van der Waals surface area contributed by atoms with E-state index in [1.807, 2.05) is 26.1 Å². The van der Waals surface area contributed by atoms with Crippen LogP contribution in [0.1, 0.15) is 38.8 Å². The van der Waals surface area contributed by atoms with E-state index in [1.54, 1.807) is 13.2 Å². The molecule has 0 radical (unpaired) electrons. The second-order valence-corrected chi connectivity index (χ2v) is 6.47. The summed E-state index contributed by atoms with van der Waals surface area (Å²) >= 11 is 6.12. The van der Waals surface area contributed by atoms with Crippen LogP contribution in [0.15, 0.2) is 18.2 Å². The third-order valence-electron chi connectivity index (χ3n) is 3.55. The van der Waals surface area contributed by atoms with Crippen LogP contribution in [-0.2, 0) is 4.79 Å². The van der Waals surface area contributed by atoms with Gasteiger partial charge in [-0.05, 0) is 37.6 Å². The Hall–Kier alpha value is -1.26. The van der Waals surface area contributed by atoms with Gasteiger partial charge in [0.05, 0.1) is 13.2 Å². The van der Waals surface area contributed by atoms with E-state index in [4.69, 9.17) is 16.3 Å². The summed E-state index contributed by atoms with van der Waals surface area (Å²) in [4.78, 5) is 12.4. The van der Waals surface area contributed by atoms with Gasteiger partial charge in [-0.1, -0.05) is 32.4 Å². The monoisotopic (exact) mass is 326 g/mol. The molecule has 2 unspecified atom stereocenters. The Bertz CT molecular complexity index is 492. The van der Waals surface area contributed by atoms with E-state index in [2.05, 4.69) is 24.5 Å². The number of methoxy groups -OCH3 is 1. The minimum absolute atomic E-state index is 0.0297.